The van der Waals surface area contributed by atoms with Crippen LogP contribution in [0.3, 0.4) is 0 Å². The Morgan fingerprint density at radius 3 is 2.72 bits per heavy atom. The van der Waals surface area contributed by atoms with Gasteiger partial charge in [0.15, 0.2) is 18.1 Å². The lowest BCUT2D eigenvalue weighted by molar-refractivity contribution is -0.121. The highest BCUT2D eigenvalue weighted by Crippen LogP contribution is 2.34. The van der Waals surface area contributed by atoms with Crippen LogP contribution >= 0.6 is 24.0 Å². The van der Waals surface area contributed by atoms with Gasteiger partial charge in [-0.1, -0.05) is 54.3 Å². The summed E-state index contributed by atoms with van der Waals surface area (Å²) in [5.41, 5.74) is 2.48. The summed E-state index contributed by atoms with van der Waals surface area (Å²) in [6.45, 7) is 8.09. The summed E-state index contributed by atoms with van der Waals surface area (Å²) in [5.74, 6) is 0.525. The summed E-state index contributed by atoms with van der Waals surface area (Å²) in [5, 5.41) is 2.84. The molecule has 0 unspecified atom stereocenters. The van der Waals surface area contributed by atoms with Gasteiger partial charge in [-0.3, -0.25) is 14.5 Å². The second kappa shape index (κ2) is 11.0. The molecule has 0 spiro atoms. The van der Waals surface area contributed by atoms with Crippen LogP contribution in [0.4, 0.5) is 5.69 Å². The number of nitrogens with zero attached hydrogens (tertiary/aromatic N) is 1. The number of hydrogen-bond donors (Lipinski definition) is 1. The highest BCUT2D eigenvalue weighted by Gasteiger charge is 2.31. The molecule has 2 aromatic rings. The Balaban J connectivity index is 1.71. The normalized spacial score (nSPS) is 14.6. The molecule has 3 rings (SSSR count). The van der Waals surface area contributed by atoms with Crippen LogP contribution in [0.25, 0.3) is 6.08 Å². The minimum Gasteiger partial charge on any atom is -0.490 e. The van der Waals surface area contributed by atoms with Gasteiger partial charge in [0.1, 0.15) is 4.32 Å². The van der Waals surface area contributed by atoms with E-state index < -0.39 is 0 Å². The van der Waals surface area contributed by atoms with E-state index in [2.05, 4.69) is 11.9 Å². The lowest BCUT2D eigenvalue weighted by Gasteiger charge is -2.13. The van der Waals surface area contributed by atoms with E-state index in [1.54, 1.807) is 30.4 Å². The summed E-state index contributed by atoms with van der Waals surface area (Å²) < 4.78 is 11.9. The van der Waals surface area contributed by atoms with Crippen molar-refractivity contribution in [3.63, 3.8) is 0 Å². The molecule has 0 aliphatic carbocycles. The maximum absolute atomic E-state index is 12.5. The molecule has 0 aromatic heterocycles. The van der Waals surface area contributed by atoms with Crippen molar-refractivity contribution < 1.29 is 19.1 Å². The van der Waals surface area contributed by atoms with E-state index in [1.807, 2.05) is 38.1 Å². The first-order chi connectivity index (χ1) is 15.4. The first-order valence-electron chi connectivity index (χ1n) is 10.0. The smallest absolute Gasteiger partial charge is 0.266 e. The molecule has 166 valence electrons. The minimum absolute atomic E-state index is 0.147. The zero-order chi connectivity index (χ0) is 23.1. The number of rotatable bonds is 9. The van der Waals surface area contributed by atoms with Gasteiger partial charge in [0.2, 0.25) is 0 Å². The lowest BCUT2D eigenvalue weighted by atomic mass is 10.2. The molecule has 32 heavy (non-hydrogen) atoms. The first kappa shape index (κ1) is 23.6. The van der Waals surface area contributed by atoms with Crippen LogP contribution in [0.2, 0.25) is 0 Å². The van der Waals surface area contributed by atoms with Crippen molar-refractivity contribution >= 4 is 51.9 Å². The van der Waals surface area contributed by atoms with E-state index in [9.17, 15) is 9.59 Å². The molecular formula is C24H24N2O4S2. The van der Waals surface area contributed by atoms with Gasteiger partial charge in [-0.2, -0.15) is 0 Å². The number of carbonyl (C=O) groups is 2. The number of benzene rings is 2. The second-order valence-electron chi connectivity index (χ2n) is 6.87. The molecule has 1 fully saturated rings. The quantitative estimate of drug-likeness (QED) is 0.324. The van der Waals surface area contributed by atoms with Crippen LogP contribution < -0.4 is 14.8 Å². The van der Waals surface area contributed by atoms with Crippen LogP contribution in [0.1, 0.15) is 18.1 Å². The third-order valence-electron chi connectivity index (χ3n) is 4.53. The number of amides is 2. The average molecular weight is 469 g/mol. The van der Waals surface area contributed by atoms with E-state index in [0.29, 0.717) is 33.9 Å². The topological polar surface area (TPSA) is 67.9 Å². The number of hydrogen-bond acceptors (Lipinski definition) is 6. The number of anilines is 1. The lowest BCUT2D eigenvalue weighted by Crippen LogP contribution is -2.27. The SMILES string of the molecule is C=CCN1C(=O)/C(=C\c2ccc(OCC(=O)Nc3ccccc3C)c(OCC)c2)SC1=S. The molecule has 1 saturated heterocycles. The van der Waals surface area contributed by atoms with Crippen molar-refractivity contribution in [2.75, 3.05) is 25.1 Å². The van der Waals surface area contributed by atoms with Gasteiger partial charge >= 0.3 is 0 Å². The van der Waals surface area contributed by atoms with Crippen molar-refractivity contribution in [3.05, 3.63) is 71.2 Å². The van der Waals surface area contributed by atoms with E-state index >= 15 is 0 Å². The van der Waals surface area contributed by atoms with Crippen molar-refractivity contribution in [2.24, 2.45) is 0 Å². The van der Waals surface area contributed by atoms with Gasteiger partial charge in [0.25, 0.3) is 11.8 Å². The highest BCUT2D eigenvalue weighted by atomic mass is 32.2. The third-order valence-corrected chi connectivity index (χ3v) is 5.91. The van der Waals surface area contributed by atoms with Crippen LogP contribution in [0.15, 0.2) is 60.0 Å². The fraction of sp³-hybridized carbons (Fsp3) is 0.208. The Kier molecular flexibility index (Phi) is 8.08. The molecule has 0 saturated carbocycles. The minimum atomic E-state index is -0.267. The van der Waals surface area contributed by atoms with Gasteiger partial charge in [-0.05, 0) is 49.2 Å². The Hall–Kier alpha value is -3.10. The molecular weight excluding hydrogens is 444 g/mol. The van der Waals surface area contributed by atoms with Crippen molar-refractivity contribution in [3.8, 4) is 11.5 Å². The highest BCUT2D eigenvalue weighted by molar-refractivity contribution is 8.26. The molecule has 8 heteroatoms. The maximum atomic E-state index is 12.5. The average Bonchev–Trinajstić information content (AvgIpc) is 3.03. The molecule has 0 bridgehead atoms. The van der Waals surface area contributed by atoms with Gasteiger partial charge in [-0.25, -0.2) is 0 Å². The molecule has 2 aromatic carbocycles. The van der Waals surface area contributed by atoms with Crippen LogP contribution in [0, 0.1) is 6.92 Å². The van der Waals surface area contributed by atoms with E-state index in [0.717, 1.165) is 16.8 Å². The number of para-hydroxylation sites is 1. The molecule has 2 amide bonds. The Morgan fingerprint density at radius 2 is 2.00 bits per heavy atom. The maximum Gasteiger partial charge on any atom is 0.266 e. The first-order valence-corrected chi connectivity index (χ1v) is 11.3. The monoisotopic (exact) mass is 468 g/mol. The Labute approximate surface area is 197 Å². The second-order valence-corrected chi connectivity index (χ2v) is 8.55. The molecule has 1 aliphatic heterocycles. The summed E-state index contributed by atoms with van der Waals surface area (Å²) >= 11 is 6.53. The third kappa shape index (κ3) is 5.77. The Bertz CT molecular complexity index is 1080. The summed E-state index contributed by atoms with van der Waals surface area (Å²) in [7, 11) is 0. The summed E-state index contributed by atoms with van der Waals surface area (Å²) in [6, 6.07) is 12.8. The van der Waals surface area contributed by atoms with E-state index in [-0.39, 0.29) is 18.4 Å². The Morgan fingerprint density at radius 1 is 1.22 bits per heavy atom. The summed E-state index contributed by atoms with van der Waals surface area (Å²) in [4.78, 5) is 26.9. The number of nitrogens with one attached hydrogen (secondary N) is 1. The number of ether oxygens (including phenoxy) is 2. The molecule has 6 nitrogen and oxygen atoms in total. The molecule has 0 radical (unpaired) electrons. The van der Waals surface area contributed by atoms with Crippen molar-refractivity contribution in [1.29, 1.82) is 0 Å². The molecule has 1 heterocycles. The standard InChI is InChI=1S/C24H24N2O4S2/c1-4-12-26-23(28)21(32-24(26)31)14-17-10-11-19(20(13-17)29-5-2)30-15-22(27)25-18-9-7-6-8-16(18)3/h4,6-11,13-14H,1,5,12,15H2,2-3H3,(H,25,27)/b21-14+. The largest absolute Gasteiger partial charge is 0.490 e. The number of thiocarbonyl (C=S) groups is 1. The molecule has 1 aliphatic rings. The zero-order valence-corrected chi connectivity index (χ0v) is 19.6. The van der Waals surface area contributed by atoms with E-state index in [1.165, 1.54) is 16.7 Å². The predicted octanol–water partition coefficient (Wildman–Crippen LogP) is 4.80. The van der Waals surface area contributed by atoms with Gasteiger partial charge in [0, 0.05) is 12.2 Å². The van der Waals surface area contributed by atoms with E-state index in [4.69, 9.17) is 21.7 Å². The predicted molar refractivity (Wildman–Crippen MR) is 133 cm³/mol. The fourth-order valence-electron chi connectivity index (χ4n) is 2.98. The molecule has 0 atom stereocenters. The number of carbonyl (C=O) groups excluding carboxylic acids is 2. The number of thioether (sulfide) groups is 1. The molecule has 1 N–H and O–H groups in total. The van der Waals surface area contributed by atoms with Gasteiger partial charge in [0.05, 0.1) is 11.5 Å². The van der Waals surface area contributed by atoms with Crippen LogP contribution in [-0.2, 0) is 9.59 Å². The summed E-state index contributed by atoms with van der Waals surface area (Å²) in [6.07, 6.45) is 3.40. The fourth-order valence-corrected chi connectivity index (χ4v) is 4.26. The van der Waals surface area contributed by atoms with Crippen molar-refractivity contribution in [2.45, 2.75) is 13.8 Å². The van der Waals surface area contributed by atoms with Crippen LogP contribution in [0.5, 0.6) is 11.5 Å². The van der Waals surface area contributed by atoms with Gasteiger partial charge < -0.3 is 14.8 Å². The van der Waals surface area contributed by atoms with Crippen molar-refractivity contribution in [1.82, 2.24) is 4.90 Å². The number of aryl methyl sites for hydroxylation is 1. The zero-order valence-electron chi connectivity index (χ0n) is 17.9. The van der Waals surface area contributed by atoms with Crippen LogP contribution in [-0.4, -0.2) is 40.8 Å². The van der Waals surface area contributed by atoms with Gasteiger partial charge in [-0.15, -0.1) is 6.58 Å².